The third-order valence-corrected chi connectivity index (χ3v) is 4.29. The summed E-state index contributed by atoms with van der Waals surface area (Å²) in [6.45, 7) is 5.21. The maximum Gasteiger partial charge on any atom is 0.191 e. The second-order valence-electron chi connectivity index (χ2n) is 6.28. The van der Waals surface area contributed by atoms with Crippen molar-refractivity contribution in [2.45, 2.75) is 58.0 Å². The van der Waals surface area contributed by atoms with Crippen LogP contribution in [-0.2, 0) is 11.2 Å². The number of rotatable bonds is 8. The molecule has 25 heavy (non-hydrogen) atoms. The summed E-state index contributed by atoms with van der Waals surface area (Å²) in [4.78, 5) is 8.75. The van der Waals surface area contributed by atoms with Crippen molar-refractivity contribution in [1.82, 2.24) is 15.6 Å². The highest BCUT2D eigenvalue weighted by Crippen LogP contribution is 2.19. The molecule has 142 valence electrons. The summed E-state index contributed by atoms with van der Waals surface area (Å²) in [5.41, 5.74) is 1.23. The first kappa shape index (κ1) is 22.2. The lowest BCUT2D eigenvalue weighted by Crippen LogP contribution is -2.38. The van der Waals surface area contributed by atoms with Crippen molar-refractivity contribution in [1.29, 1.82) is 0 Å². The number of hydrogen-bond acceptors (Lipinski definition) is 3. The first-order chi connectivity index (χ1) is 11.9. The van der Waals surface area contributed by atoms with Crippen LogP contribution >= 0.6 is 24.0 Å². The number of nitrogens with one attached hydrogen (secondary N) is 2. The van der Waals surface area contributed by atoms with Gasteiger partial charge in [0.05, 0.1) is 19.3 Å². The number of aromatic nitrogens is 1. The van der Waals surface area contributed by atoms with Gasteiger partial charge in [-0.2, -0.15) is 0 Å². The highest BCUT2D eigenvalue weighted by molar-refractivity contribution is 14.0. The molecular weight excluding hydrogens is 427 g/mol. The predicted octanol–water partition coefficient (Wildman–Crippen LogP) is 3.54. The van der Waals surface area contributed by atoms with Crippen LogP contribution in [0, 0.1) is 0 Å². The Morgan fingerprint density at radius 2 is 2.04 bits per heavy atom. The Balaban J connectivity index is 0.00000312. The fourth-order valence-corrected chi connectivity index (χ4v) is 3.00. The van der Waals surface area contributed by atoms with Crippen LogP contribution in [-0.4, -0.2) is 43.3 Å². The molecular formula is C19H33IN4O. The monoisotopic (exact) mass is 460 g/mol. The minimum atomic E-state index is 0. The van der Waals surface area contributed by atoms with Crippen LogP contribution in [0.1, 0.15) is 51.0 Å². The SMILES string of the molecule is CCNC(=NCCOC1CCCCCC1)NCCc1cccnc1.I. The molecule has 0 atom stereocenters. The maximum atomic E-state index is 5.99. The molecule has 1 aromatic rings. The van der Waals surface area contributed by atoms with Gasteiger partial charge in [0.2, 0.25) is 0 Å². The van der Waals surface area contributed by atoms with E-state index in [1.165, 1.54) is 44.1 Å². The zero-order valence-electron chi connectivity index (χ0n) is 15.4. The molecule has 0 bridgehead atoms. The Kier molecular flexibility index (Phi) is 12.7. The number of guanidine groups is 1. The number of pyridine rings is 1. The molecule has 0 aliphatic heterocycles. The van der Waals surface area contributed by atoms with E-state index >= 15 is 0 Å². The van der Waals surface area contributed by atoms with Crippen LogP contribution in [0.25, 0.3) is 0 Å². The van der Waals surface area contributed by atoms with E-state index in [4.69, 9.17) is 4.74 Å². The summed E-state index contributed by atoms with van der Waals surface area (Å²) in [7, 11) is 0. The van der Waals surface area contributed by atoms with Gasteiger partial charge in [0, 0.05) is 25.5 Å². The molecule has 5 nitrogen and oxygen atoms in total. The van der Waals surface area contributed by atoms with E-state index in [0.29, 0.717) is 19.3 Å². The average molecular weight is 460 g/mol. The molecule has 2 rings (SSSR count). The molecule has 0 radical (unpaired) electrons. The van der Waals surface area contributed by atoms with E-state index in [0.717, 1.165) is 25.5 Å². The Bertz CT molecular complexity index is 462. The van der Waals surface area contributed by atoms with E-state index in [-0.39, 0.29) is 24.0 Å². The third kappa shape index (κ3) is 9.99. The molecule has 1 heterocycles. The predicted molar refractivity (Wildman–Crippen MR) is 115 cm³/mol. The molecule has 0 spiro atoms. The molecule has 1 aliphatic carbocycles. The molecule has 1 aromatic heterocycles. The quantitative estimate of drug-likeness (QED) is 0.205. The smallest absolute Gasteiger partial charge is 0.191 e. The standard InChI is InChI=1S/C19H32N4O.HI/c1-2-21-19(22-13-11-17-8-7-12-20-16-17)23-14-15-24-18-9-5-3-4-6-10-18;/h7-8,12,16,18H,2-6,9-11,13-15H2,1H3,(H2,21,22,23);1H. The van der Waals surface area contributed by atoms with Crippen LogP contribution in [0.3, 0.4) is 0 Å². The van der Waals surface area contributed by atoms with Crippen LogP contribution in [0.5, 0.6) is 0 Å². The number of ether oxygens (including phenoxy) is 1. The number of nitrogens with zero attached hydrogens (tertiary/aromatic N) is 2. The topological polar surface area (TPSA) is 58.5 Å². The van der Waals surface area contributed by atoms with Crippen molar-refractivity contribution in [2.24, 2.45) is 4.99 Å². The third-order valence-electron chi connectivity index (χ3n) is 4.29. The molecule has 0 aromatic carbocycles. The van der Waals surface area contributed by atoms with E-state index in [1.54, 1.807) is 6.20 Å². The summed E-state index contributed by atoms with van der Waals surface area (Å²) in [6.07, 6.45) is 12.9. The lowest BCUT2D eigenvalue weighted by Gasteiger charge is -2.15. The van der Waals surface area contributed by atoms with E-state index in [1.807, 2.05) is 12.3 Å². The fraction of sp³-hybridized carbons (Fsp3) is 0.684. The van der Waals surface area contributed by atoms with Gasteiger partial charge in [-0.1, -0.05) is 31.7 Å². The van der Waals surface area contributed by atoms with E-state index in [2.05, 4.69) is 33.6 Å². The second kappa shape index (κ2) is 14.3. The lowest BCUT2D eigenvalue weighted by atomic mass is 10.1. The summed E-state index contributed by atoms with van der Waals surface area (Å²) in [5, 5.41) is 6.66. The summed E-state index contributed by atoms with van der Waals surface area (Å²) in [5.74, 6) is 0.867. The molecule has 0 amide bonds. The molecule has 1 fully saturated rings. The Morgan fingerprint density at radius 3 is 2.72 bits per heavy atom. The maximum absolute atomic E-state index is 5.99. The van der Waals surface area contributed by atoms with Gasteiger partial charge in [-0.3, -0.25) is 9.98 Å². The molecule has 0 saturated heterocycles. The van der Waals surface area contributed by atoms with Gasteiger partial charge >= 0.3 is 0 Å². The Morgan fingerprint density at radius 1 is 1.24 bits per heavy atom. The van der Waals surface area contributed by atoms with Gasteiger partial charge in [-0.15, -0.1) is 24.0 Å². The van der Waals surface area contributed by atoms with Gasteiger partial charge in [0.15, 0.2) is 5.96 Å². The lowest BCUT2D eigenvalue weighted by molar-refractivity contribution is 0.0487. The van der Waals surface area contributed by atoms with Crippen molar-refractivity contribution in [3.8, 4) is 0 Å². The fourth-order valence-electron chi connectivity index (χ4n) is 3.00. The molecule has 1 aliphatic rings. The molecule has 0 unspecified atom stereocenters. The van der Waals surface area contributed by atoms with Crippen molar-refractivity contribution in [2.75, 3.05) is 26.2 Å². The number of halogens is 1. The van der Waals surface area contributed by atoms with Crippen molar-refractivity contribution >= 4 is 29.9 Å². The number of hydrogen-bond donors (Lipinski definition) is 2. The first-order valence-corrected chi connectivity index (χ1v) is 9.41. The normalized spacial score (nSPS) is 16.0. The summed E-state index contributed by atoms with van der Waals surface area (Å²) in [6, 6.07) is 4.07. The minimum Gasteiger partial charge on any atom is -0.376 e. The largest absolute Gasteiger partial charge is 0.376 e. The number of aliphatic imine (C=N–C) groups is 1. The Hall–Kier alpha value is -0.890. The van der Waals surface area contributed by atoms with Gasteiger partial charge in [-0.25, -0.2) is 0 Å². The van der Waals surface area contributed by atoms with Crippen molar-refractivity contribution < 1.29 is 4.74 Å². The van der Waals surface area contributed by atoms with Crippen molar-refractivity contribution in [3.63, 3.8) is 0 Å². The van der Waals surface area contributed by atoms with Gasteiger partial charge in [0.1, 0.15) is 0 Å². The average Bonchev–Trinajstić information content (AvgIpc) is 2.88. The summed E-state index contributed by atoms with van der Waals surface area (Å²) >= 11 is 0. The van der Waals surface area contributed by atoms with Crippen LogP contribution < -0.4 is 10.6 Å². The highest BCUT2D eigenvalue weighted by Gasteiger charge is 2.11. The first-order valence-electron chi connectivity index (χ1n) is 9.41. The molecule has 6 heteroatoms. The van der Waals surface area contributed by atoms with Crippen LogP contribution in [0.4, 0.5) is 0 Å². The van der Waals surface area contributed by atoms with E-state index in [9.17, 15) is 0 Å². The zero-order valence-corrected chi connectivity index (χ0v) is 17.7. The Labute approximate surface area is 169 Å². The van der Waals surface area contributed by atoms with Crippen molar-refractivity contribution in [3.05, 3.63) is 30.1 Å². The molecule has 2 N–H and O–H groups in total. The van der Waals surface area contributed by atoms with Crippen LogP contribution in [0.15, 0.2) is 29.5 Å². The highest BCUT2D eigenvalue weighted by atomic mass is 127. The zero-order chi connectivity index (χ0) is 16.9. The second-order valence-corrected chi connectivity index (χ2v) is 6.28. The van der Waals surface area contributed by atoms with E-state index < -0.39 is 0 Å². The van der Waals surface area contributed by atoms with Crippen LogP contribution in [0.2, 0.25) is 0 Å². The summed E-state index contributed by atoms with van der Waals surface area (Å²) < 4.78 is 5.99. The van der Waals surface area contributed by atoms with Gasteiger partial charge in [-0.05, 0) is 37.8 Å². The van der Waals surface area contributed by atoms with Gasteiger partial charge < -0.3 is 15.4 Å². The van der Waals surface area contributed by atoms with Gasteiger partial charge in [0.25, 0.3) is 0 Å². The molecule has 1 saturated carbocycles. The minimum absolute atomic E-state index is 0.